The molecule has 3 aromatic rings. The van der Waals surface area contributed by atoms with Gasteiger partial charge in [0.2, 0.25) is 5.13 Å². The SMILES string of the molecule is CCCCN(C(=O)c1ccc(C(C)(C)C)cc1)c1nnc(-c2ccccc2C)s1. The molecule has 5 heteroatoms. The number of carbonyl (C=O) groups excluding carboxylic acids is 1. The fraction of sp³-hybridized carbons (Fsp3) is 0.375. The minimum absolute atomic E-state index is 0.0219. The average molecular weight is 408 g/mol. The highest BCUT2D eigenvalue weighted by atomic mass is 32.1. The van der Waals surface area contributed by atoms with Gasteiger partial charge >= 0.3 is 0 Å². The maximum atomic E-state index is 13.3. The Kier molecular flexibility index (Phi) is 6.48. The number of hydrogen-bond acceptors (Lipinski definition) is 4. The van der Waals surface area contributed by atoms with Crippen molar-refractivity contribution >= 4 is 22.4 Å². The number of carbonyl (C=O) groups is 1. The molecule has 0 saturated heterocycles. The maximum absolute atomic E-state index is 13.3. The average Bonchev–Trinajstić information content (AvgIpc) is 3.17. The van der Waals surface area contributed by atoms with Crippen molar-refractivity contribution in [3.63, 3.8) is 0 Å². The smallest absolute Gasteiger partial charge is 0.260 e. The van der Waals surface area contributed by atoms with Gasteiger partial charge in [0.15, 0.2) is 0 Å². The molecule has 0 N–H and O–H groups in total. The van der Waals surface area contributed by atoms with Gasteiger partial charge in [-0.3, -0.25) is 9.69 Å². The number of amides is 1. The zero-order valence-electron chi connectivity index (χ0n) is 17.9. The van der Waals surface area contributed by atoms with Crippen LogP contribution in [0.1, 0.15) is 62.0 Å². The molecule has 152 valence electrons. The van der Waals surface area contributed by atoms with Gasteiger partial charge in [-0.1, -0.05) is 81.9 Å². The van der Waals surface area contributed by atoms with Crippen LogP contribution in [-0.4, -0.2) is 22.6 Å². The van der Waals surface area contributed by atoms with Crippen molar-refractivity contribution in [2.45, 2.75) is 52.9 Å². The van der Waals surface area contributed by atoms with E-state index in [2.05, 4.69) is 50.9 Å². The Morgan fingerprint density at radius 2 is 1.72 bits per heavy atom. The molecule has 0 aliphatic rings. The Hall–Kier alpha value is -2.53. The zero-order chi connectivity index (χ0) is 21.0. The van der Waals surface area contributed by atoms with E-state index in [1.54, 1.807) is 4.90 Å². The first-order valence-electron chi connectivity index (χ1n) is 10.1. The number of aromatic nitrogens is 2. The first-order valence-corrected chi connectivity index (χ1v) is 10.9. The van der Waals surface area contributed by atoms with Crippen LogP contribution in [-0.2, 0) is 5.41 Å². The summed E-state index contributed by atoms with van der Waals surface area (Å²) >= 11 is 1.47. The highest BCUT2D eigenvalue weighted by Gasteiger charge is 2.23. The number of nitrogens with zero attached hydrogens (tertiary/aromatic N) is 3. The normalized spacial score (nSPS) is 11.5. The topological polar surface area (TPSA) is 46.1 Å². The standard InChI is InChI=1S/C24H29N3OS/c1-6-7-16-27(22(28)18-12-14-19(15-13-18)24(3,4)5)23-26-25-21(29-23)20-11-9-8-10-17(20)2/h8-15H,6-7,16H2,1-5H3. The van der Waals surface area contributed by atoms with Crippen molar-refractivity contribution in [3.8, 4) is 10.6 Å². The number of unbranched alkanes of at least 4 members (excludes halogenated alkanes) is 1. The van der Waals surface area contributed by atoms with Crippen molar-refractivity contribution in [2.24, 2.45) is 0 Å². The second kappa shape index (κ2) is 8.87. The van der Waals surface area contributed by atoms with Gasteiger partial charge in [-0.2, -0.15) is 0 Å². The van der Waals surface area contributed by atoms with E-state index in [-0.39, 0.29) is 11.3 Å². The molecule has 0 radical (unpaired) electrons. The molecule has 0 bridgehead atoms. The molecular formula is C24H29N3OS. The van der Waals surface area contributed by atoms with Crippen LogP contribution >= 0.6 is 11.3 Å². The summed E-state index contributed by atoms with van der Waals surface area (Å²) in [6, 6.07) is 16.1. The van der Waals surface area contributed by atoms with Crippen LogP contribution in [0.4, 0.5) is 5.13 Å². The molecule has 1 aromatic heterocycles. The van der Waals surface area contributed by atoms with Gasteiger partial charge in [0.05, 0.1) is 0 Å². The Balaban J connectivity index is 1.90. The lowest BCUT2D eigenvalue weighted by Crippen LogP contribution is -2.32. The highest BCUT2D eigenvalue weighted by molar-refractivity contribution is 7.18. The van der Waals surface area contributed by atoms with Crippen LogP contribution in [0.5, 0.6) is 0 Å². The lowest BCUT2D eigenvalue weighted by atomic mass is 9.86. The van der Waals surface area contributed by atoms with E-state index in [1.165, 1.54) is 16.9 Å². The summed E-state index contributed by atoms with van der Waals surface area (Å²) in [5, 5.41) is 10.2. The van der Waals surface area contributed by atoms with Crippen molar-refractivity contribution in [2.75, 3.05) is 11.4 Å². The van der Waals surface area contributed by atoms with E-state index in [1.807, 2.05) is 42.5 Å². The van der Waals surface area contributed by atoms with E-state index < -0.39 is 0 Å². The first kappa shape index (κ1) is 21.2. The molecule has 2 aromatic carbocycles. The summed E-state index contributed by atoms with van der Waals surface area (Å²) in [6.45, 7) is 11.3. The van der Waals surface area contributed by atoms with Crippen molar-refractivity contribution < 1.29 is 4.79 Å². The van der Waals surface area contributed by atoms with Gasteiger partial charge in [0, 0.05) is 17.7 Å². The second-order valence-electron chi connectivity index (χ2n) is 8.34. The van der Waals surface area contributed by atoms with Gasteiger partial charge in [-0.05, 0) is 42.0 Å². The molecule has 0 aliphatic heterocycles. The van der Waals surface area contributed by atoms with E-state index in [9.17, 15) is 4.79 Å². The number of aryl methyl sites for hydroxylation is 1. The predicted octanol–water partition coefficient (Wildman–Crippen LogP) is 6.26. The van der Waals surface area contributed by atoms with Gasteiger partial charge in [0.25, 0.3) is 5.91 Å². The maximum Gasteiger partial charge on any atom is 0.260 e. The van der Waals surface area contributed by atoms with Crippen LogP contribution in [0, 0.1) is 6.92 Å². The van der Waals surface area contributed by atoms with Crippen molar-refractivity contribution in [3.05, 3.63) is 65.2 Å². The molecule has 29 heavy (non-hydrogen) atoms. The number of rotatable bonds is 6. The minimum Gasteiger partial charge on any atom is -0.283 e. The fourth-order valence-corrected chi connectivity index (χ4v) is 4.07. The van der Waals surface area contributed by atoms with Crippen LogP contribution in [0.2, 0.25) is 0 Å². The minimum atomic E-state index is -0.0219. The van der Waals surface area contributed by atoms with Gasteiger partial charge in [-0.15, -0.1) is 10.2 Å². The van der Waals surface area contributed by atoms with Crippen molar-refractivity contribution in [1.29, 1.82) is 0 Å². The van der Waals surface area contributed by atoms with Crippen LogP contribution in [0.25, 0.3) is 10.6 Å². The third kappa shape index (κ3) is 4.91. The molecule has 0 spiro atoms. The molecule has 0 fully saturated rings. The Morgan fingerprint density at radius 1 is 1.03 bits per heavy atom. The molecule has 0 unspecified atom stereocenters. The number of hydrogen-bond donors (Lipinski definition) is 0. The zero-order valence-corrected chi connectivity index (χ0v) is 18.7. The van der Waals surface area contributed by atoms with Gasteiger partial charge in [0.1, 0.15) is 5.01 Å². The van der Waals surface area contributed by atoms with Gasteiger partial charge in [-0.25, -0.2) is 0 Å². The molecular weight excluding hydrogens is 378 g/mol. The highest BCUT2D eigenvalue weighted by Crippen LogP contribution is 2.32. The van der Waals surface area contributed by atoms with E-state index in [4.69, 9.17) is 0 Å². The van der Waals surface area contributed by atoms with E-state index in [0.717, 1.165) is 29.0 Å². The van der Waals surface area contributed by atoms with Gasteiger partial charge < -0.3 is 0 Å². The quantitative estimate of drug-likeness (QED) is 0.484. The Morgan fingerprint density at radius 3 is 2.34 bits per heavy atom. The molecule has 0 saturated carbocycles. The third-order valence-electron chi connectivity index (χ3n) is 5.00. The Bertz CT molecular complexity index is 970. The fourth-order valence-electron chi connectivity index (χ4n) is 3.12. The van der Waals surface area contributed by atoms with Crippen LogP contribution in [0.15, 0.2) is 48.5 Å². The van der Waals surface area contributed by atoms with Crippen LogP contribution < -0.4 is 4.90 Å². The monoisotopic (exact) mass is 407 g/mol. The molecule has 0 atom stereocenters. The lowest BCUT2D eigenvalue weighted by Gasteiger charge is -2.21. The van der Waals surface area contributed by atoms with E-state index >= 15 is 0 Å². The number of anilines is 1. The third-order valence-corrected chi connectivity index (χ3v) is 5.98. The molecule has 4 nitrogen and oxygen atoms in total. The lowest BCUT2D eigenvalue weighted by molar-refractivity contribution is 0.0986. The predicted molar refractivity (Wildman–Crippen MR) is 122 cm³/mol. The summed E-state index contributed by atoms with van der Waals surface area (Å²) in [5.74, 6) is -0.0219. The summed E-state index contributed by atoms with van der Waals surface area (Å²) in [5.41, 5.74) is 4.17. The first-order chi connectivity index (χ1) is 13.8. The summed E-state index contributed by atoms with van der Waals surface area (Å²) in [4.78, 5) is 15.1. The summed E-state index contributed by atoms with van der Waals surface area (Å²) < 4.78 is 0. The number of benzene rings is 2. The molecule has 1 amide bonds. The Labute approximate surface area is 177 Å². The summed E-state index contributed by atoms with van der Waals surface area (Å²) in [7, 11) is 0. The molecule has 0 aliphatic carbocycles. The molecule has 1 heterocycles. The van der Waals surface area contributed by atoms with Crippen molar-refractivity contribution in [1.82, 2.24) is 10.2 Å². The summed E-state index contributed by atoms with van der Waals surface area (Å²) in [6.07, 6.45) is 1.93. The van der Waals surface area contributed by atoms with Crippen LogP contribution in [0.3, 0.4) is 0 Å². The van der Waals surface area contributed by atoms with E-state index in [0.29, 0.717) is 17.2 Å². The largest absolute Gasteiger partial charge is 0.283 e. The second-order valence-corrected chi connectivity index (χ2v) is 9.30. The molecule has 3 rings (SSSR count).